The molecule has 0 unspecified atom stereocenters. The van der Waals surface area contributed by atoms with Crippen molar-refractivity contribution in [3.63, 3.8) is 0 Å². The van der Waals surface area contributed by atoms with E-state index in [9.17, 15) is 4.79 Å². The normalized spacial score (nSPS) is 11.7. The summed E-state index contributed by atoms with van der Waals surface area (Å²) in [6.45, 7) is 2.05. The molecule has 0 radical (unpaired) electrons. The summed E-state index contributed by atoms with van der Waals surface area (Å²) in [4.78, 5) is 11.5. The molecule has 0 bridgehead atoms. The van der Waals surface area contributed by atoms with Crippen molar-refractivity contribution in [2.45, 2.75) is 19.4 Å². The zero-order valence-electron chi connectivity index (χ0n) is 12.3. The largest absolute Gasteiger partial charge is 0.493 e. The predicted molar refractivity (Wildman–Crippen MR) is 74.4 cm³/mol. The molecule has 0 aliphatic rings. The zero-order valence-corrected chi connectivity index (χ0v) is 12.3. The monoisotopic (exact) mass is 283 g/mol. The molecule has 0 saturated carbocycles. The second-order valence-corrected chi connectivity index (χ2v) is 4.10. The summed E-state index contributed by atoms with van der Waals surface area (Å²) in [6, 6.07) is 2.80. The molecule has 0 aliphatic heterocycles. The minimum Gasteiger partial charge on any atom is -0.493 e. The number of carbonyl (C=O) groups is 1. The molecular formula is C14H21NO5. The molecule has 0 aliphatic carbocycles. The lowest BCUT2D eigenvalue weighted by Gasteiger charge is -2.15. The van der Waals surface area contributed by atoms with E-state index in [4.69, 9.17) is 24.7 Å². The number of nitrogens with two attached hydrogens (primary N) is 1. The van der Waals surface area contributed by atoms with Crippen molar-refractivity contribution in [3.8, 4) is 17.2 Å². The lowest BCUT2D eigenvalue weighted by atomic mass is 10.1. The summed E-state index contributed by atoms with van der Waals surface area (Å²) in [6.07, 6.45) is 0.329. The van der Waals surface area contributed by atoms with E-state index in [0.717, 1.165) is 5.56 Å². The van der Waals surface area contributed by atoms with Gasteiger partial charge in [-0.25, -0.2) is 0 Å². The van der Waals surface area contributed by atoms with Crippen LogP contribution in [0.4, 0.5) is 0 Å². The van der Waals surface area contributed by atoms with Crippen LogP contribution in [0, 0.1) is 0 Å². The first-order chi connectivity index (χ1) is 9.57. The number of rotatable bonds is 7. The van der Waals surface area contributed by atoms with Gasteiger partial charge in [0.1, 0.15) is 6.04 Å². The molecule has 0 amide bonds. The Morgan fingerprint density at radius 2 is 1.70 bits per heavy atom. The molecular weight excluding hydrogens is 262 g/mol. The maximum absolute atomic E-state index is 11.5. The smallest absolute Gasteiger partial charge is 0.323 e. The maximum atomic E-state index is 11.5. The van der Waals surface area contributed by atoms with Gasteiger partial charge in [-0.1, -0.05) is 0 Å². The molecule has 0 aromatic heterocycles. The van der Waals surface area contributed by atoms with Crippen LogP contribution in [0.2, 0.25) is 0 Å². The Hall–Kier alpha value is -1.95. The van der Waals surface area contributed by atoms with Crippen molar-refractivity contribution in [1.82, 2.24) is 0 Å². The highest BCUT2D eigenvalue weighted by molar-refractivity contribution is 5.76. The van der Waals surface area contributed by atoms with Gasteiger partial charge in [0.25, 0.3) is 0 Å². The number of carbonyl (C=O) groups excluding carboxylic acids is 1. The van der Waals surface area contributed by atoms with Crippen molar-refractivity contribution in [3.05, 3.63) is 17.7 Å². The first kappa shape index (κ1) is 16.1. The second kappa shape index (κ2) is 7.59. The number of methoxy groups -OCH3 is 3. The fourth-order valence-electron chi connectivity index (χ4n) is 1.84. The topological polar surface area (TPSA) is 80.0 Å². The van der Waals surface area contributed by atoms with Crippen LogP contribution in [0.3, 0.4) is 0 Å². The highest BCUT2D eigenvalue weighted by Gasteiger charge is 2.18. The van der Waals surface area contributed by atoms with E-state index in [0.29, 0.717) is 30.3 Å². The summed E-state index contributed by atoms with van der Waals surface area (Å²) < 4.78 is 20.6. The molecule has 6 heteroatoms. The highest BCUT2D eigenvalue weighted by Crippen LogP contribution is 2.38. The molecule has 1 aromatic rings. The molecule has 2 N–H and O–H groups in total. The summed E-state index contributed by atoms with van der Waals surface area (Å²) >= 11 is 0. The van der Waals surface area contributed by atoms with Gasteiger partial charge in [0.15, 0.2) is 11.5 Å². The van der Waals surface area contributed by atoms with Crippen LogP contribution in [0.15, 0.2) is 12.1 Å². The molecule has 1 rings (SSSR count). The Labute approximate surface area is 118 Å². The third-order valence-corrected chi connectivity index (χ3v) is 2.77. The number of hydrogen-bond donors (Lipinski definition) is 1. The van der Waals surface area contributed by atoms with Gasteiger partial charge in [-0.3, -0.25) is 4.79 Å². The SMILES string of the molecule is CCOC(=O)[C@@H](N)Cc1cc(OC)c(OC)c(OC)c1. The van der Waals surface area contributed by atoms with E-state index < -0.39 is 12.0 Å². The third kappa shape index (κ3) is 3.77. The Morgan fingerprint density at radius 3 is 2.10 bits per heavy atom. The number of benzene rings is 1. The quantitative estimate of drug-likeness (QED) is 0.756. The molecule has 112 valence electrons. The van der Waals surface area contributed by atoms with Gasteiger partial charge in [0, 0.05) is 0 Å². The summed E-state index contributed by atoms with van der Waals surface area (Å²) in [5, 5.41) is 0. The summed E-state index contributed by atoms with van der Waals surface area (Å²) in [5.74, 6) is 1.13. The Morgan fingerprint density at radius 1 is 1.15 bits per heavy atom. The molecule has 20 heavy (non-hydrogen) atoms. The summed E-state index contributed by atoms with van der Waals surface area (Å²) in [7, 11) is 4.60. The van der Waals surface area contributed by atoms with Gasteiger partial charge in [0.05, 0.1) is 27.9 Å². The minimum absolute atomic E-state index is 0.307. The molecule has 1 aromatic carbocycles. The Kier molecular flexibility index (Phi) is 6.11. The fourth-order valence-corrected chi connectivity index (χ4v) is 1.84. The maximum Gasteiger partial charge on any atom is 0.323 e. The standard InChI is InChI=1S/C14H21NO5/c1-5-20-14(16)10(15)6-9-7-11(17-2)13(19-4)12(8-9)18-3/h7-8,10H,5-6,15H2,1-4H3/t10-/m0/s1. The molecule has 0 spiro atoms. The Balaban J connectivity index is 2.98. The molecule has 1 atom stereocenters. The molecule has 0 fully saturated rings. The van der Waals surface area contributed by atoms with Crippen LogP contribution in [0.1, 0.15) is 12.5 Å². The zero-order chi connectivity index (χ0) is 15.1. The third-order valence-electron chi connectivity index (χ3n) is 2.77. The van der Waals surface area contributed by atoms with E-state index in [1.807, 2.05) is 0 Å². The average molecular weight is 283 g/mol. The van der Waals surface area contributed by atoms with E-state index >= 15 is 0 Å². The highest BCUT2D eigenvalue weighted by atomic mass is 16.5. The van der Waals surface area contributed by atoms with Gasteiger partial charge in [-0.05, 0) is 31.0 Å². The van der Waals surface area contributed by atoms with Crippen LogP contribution >= 0.6 is 0 Å². The number of esters is 1. The van der Waals surface area contributed by atoms with Gasteiger partial charge in [0.2, 0.25) is 5.75 Å². The van der Waals surface area contributed by atoms with Crippen molar-refractivity contribution in [2.24, 2.45) is 5.73 Å². The van der Waals surface area contributed by atoms with Gasteiger partial charge in [-0.15, -0.1) is 0 Å². The van der Waals surface area contributed by atoms with Crippen molar-refractivity contribution in [1.29, 1.82) is 0 Å². The number of ether oxygens (including phenoxy) is 4. The lowest BCUT2D eigenvalue weighted by molar-refractivity contribution is -0.144. The first-order valence-electron chi connectivity index (χ1n) is 6.28. The lowest BCUT2D eigenvalue weighted by Crippen LogP contribution is -2.34. The first-order valence-corrected chi connectivity index (χ1v) is 6.28. The van der Waals surface area contributed by atoms with E-state index in [1.54, 1.807) is 19.1 Å². The van der Waals surface area contributed by atoms with Crippen LogP contribution in [0.5, 0.6) is 17.2 Å². The van der Waals surface area contributed by atoms with Gasteiger partial charge < -0.3 is 24.7 Å². The van der Waals surface area contributed by atoms with Crippen molar-refractivity contribution >= 4 is 5.97 Å². The molecule has 0 heterocycles. The van der Waals surface area contributed by atoms with Crippen LogP contribution in [-0.4, -0.2) is 39.9 Å². The van der Waals surface area contributed by atoms with Crippen molar-refractivity contribution < 1.29 is 23.7 Å². The second-order valence-electron chi connectivity index (χ2n) is 4.10. The predicted octanol–water partition coefficient (Wildman–Crippen LogP) is 1.15. The van der Waals surface area contributed by atoms with Gasteiger partial charge in [-0.2, -0.15) is 0 Å². The molecule has 6 nitrogen and oxygen atoms in total. The van der Waals surface area contributed by atoms with Crippen LogP contribution in [0.25, 0.3) is 0 Å². The average Bonchev–Trinajstić information content (AvgIpc) is 2.46. The van der Waals surface area contributed by atoms with Crippen molar-refractivity contribution in [2.75, 3.05) is 27.9 Å². The fraction of sp³-hybridized carbons (Fsp3) is 0.500. The van der Waals surface area contributed by atoms with Gasteiger partial charge >= 0.3 is 5.97 Å². The Bertz CT molecular complexity index is 436. The van der Waals surface area contributed by atoms with E-state index in [1.165, 1.54) is 21.3 Å². The van der Waals surface area contributed by atoms with E-state index in [-0.39, 0.29) is 0 Å². The van der Waals surface area contributed by atoms with E-state index in [2.05, 4.69) is 0 Å². The number of hydrogen-bond acceptors (Lipinski definition) is 6. The van der Waals surface area contributed by atoms with Crippen LogP contribution < -0.4 is 19.9 Å². The minimum atomic E-state index is -0.724. The van der Waals surface area contributed by atoms with Crippen LogP contribution in [-0.2, 0) is 16.0 Å². The summed E-state index contributed by atoms with van der Waals surface area (Å²) in [5.41, 5.74) is 6.61. The molecule has 0 saturated heterocycles.